The highest BCUT2D eigenvalue weighted by Crippen LogP contribution is 2.34. The third-order valence-corrected chi connectivity index (χ3v) is 3.75. The fourth-order valence-electron chi connectivity index (χ4n) is 2.72. The van der Waals surface area contributed by atoms with Crippen LogP contribution in [0.5, 0.6) is 0 Å². The molecule has 1 heterocycles. The Morgan fingerprint density at radius 3 is 2.19 bits per heavy atom. The summed E-state index contributed by atoms with van der Waals surface area (Å²) in [7, 11) is 0. The average molecular weight is 212 g/mol. The van der Waals surface area contributed by atoms with Crippen LogP contribution in [0.25, 0.3) is 10.8 Å². The zero-order valence-corrected chi connectivity index (χ0v) is 10.1. The summed E-state index contributed by atoms with van der Waals surface area (Å²) in [5.74, 6) is 0. The van der Waals surface area contributed by atoms with Crippen LogP contribution in [-0.2, 0) is 18.0 Å². The first-order valence-electron chi connectivity index (χ1n) is 5.77. The molecule has 0 saturated carbocycles. The molecule has 0 saturated heterocycles. The highest BCUT2D eigenvalue weighted by atomic mass is 16.5. The van der Waals surface area contributed by atoms with E-state index in [2.05, 4.69) is 39.0 Å². The molecule has 82 valence electrons. The van der Waals surface area contributed by atoms with E-state index in [0.29, 0.717) is 0 Å². The van der Waals surface area contributed by atoms with Crippen molar-refractivity contribution in [2.45, 2.75) is 34.0 Å². The minimum Gasteiger partial charge on any atom is -0.372 e. The first kappa shape index (κ1) is 9.86. The van der Waals surface area contributed by atoms with Crippen molar-refractivity contribution in [1.82, 2.24) is 0 Å². The van der Waals surface area contributed by atoms with Gasteiger partial charge in [-0.15, -0.1) is 0 Å². The van der Waals surface area contributed by atoms with Crippen molar-refractivity contribution in [2.24, 2.45) is 0 Å². The molecule has 1 heteroatoms. The molecule has 0 amide bonds. The normalized spacial score (nSPS) is 14.4. The van der Waals surface area contributed by atoms with Gasteiger partial charge in [-0.3, -0.25) is 0 Å². The van der Waals surface area contributed by atoms with Crippen LogP contribution >= 0.6 is 0 Å². The summed E-state index contributed by atoms with van der Waals surface area (Å²) in [6.45, 7) is 8.15. The maximum atomic E-state index is 5.58. The minimum absolute atomic E-state index is 0.784. The molecular formula is C15H16O. The number of aryl methyl sites for hydroxylation is 3. The third-order valence-electron chi connectivity index (χ3n) is 3.75. The van der Waals surface area contributed by atoms with Crippen LogP contribution in [-0.4, -0.2) is 0 Å². The molecule has 2 aromatic carbocycles. The van der Waals surface area contributed by atoms with E-state index in [1.54, 1.807) is 0 Å². The summed E-state index contributed by atoms with van der Waals surface area (Å²) < 4.78 is 5.58. The molecule has 1 aliphatic heterocycles. The van der Waals surface area contributed by atoms with E-state index in [1.807, 2.05) is 0 Å². The molecule has 1 aliphatic rings. The van der Waals surface area contributed by atoms with Crippen LogP contribution in [0.15, 0.2) is 18.2 Å². The van der Waals surface area contributed by atoms with Gasteiger partial charge in [-0.2, -0.15) is 0 Å². The monoisotopic (exact) mass is 212 g/mol. The second-order valence-corrected chi connectivity index (χ2v) is 4.75. The van der Waals surface area contributed by atoms with Gasteiger partial charge < -0.3 is 4.74 Å². The van der Waals surface area contributed by atoms with Crippen molar-refractivity contribution in [3.8, 4) is 0 Å². The lowest BCUT2D eigenvalue weighted by Gasteiger charge is -2.12. The van der Waals surface area contributed by atoms with Crippen LogP contribution in [0.4, 0.5) is 0 Å². The molecular weight excluding hydrogens is 196 g/mol. The average Bonchev–Trinajstić information content (AvgIpc) is 2.75. The van der Waals surface area contributed by atoms with Gasteiger partial charge in [-0.25, -0.2) is 0 Å². The predicted molar refractivity (Wildman–Crippen MR) is 66.7 cm³/mol. The molecule has 2 aromatic rings. The Morgan fingerprint density at radius 1 is 0.875 bits per heavy atom. The maximum Gasteiger partial charge on any atom is 0.0727 e. The predicted octanol–water partition coefficient (Wildman–Crippen LogP) is 3.80. The lowest BCUT2D eigenvalue weighted by atomic mass is 9.91. The van der Waals surface area contributed by atoms with Gasteiger partial charge >= 0.3 is 0 Å². The van der Waals surface area contributed by atoms with Gasteiger partial charge in [0.25, 0.3) is 0 Å². The van der Waals surface area contributed by atoms with Crippen molar-refractivity contribution >= 4 is 10.8 Å². The molecule has 0 aromatic heterocycles. The molecule has 0 bridgehead atoms. The first-order chi connectivity index (χ1) is 7.68. The molecule has 16 heavy (non-hydrogen) atoms. The highest BCUT2D eigenvalue weighted by Gasteiger charge is 2.19. The number of hydrogen-bond acceptors (Lipinski definition) is 1. The Bertz CT molecular complexity index is 582. The summed E-state index contributed by atoms with van der Waals surface area (Å²) >= 11 is 0. The zero-order valence-electron chi connectivity index (χ0n) is 10.1. The van der Waals surface area contributed by atoms with Crippen molar-refractivity contribution < 1.29 is 4.74 Å². The number of hydrogen-bond donors (Lipinski definition) is 0. The summed E-state index contributed by atoms with van der Waals surface area (Å²) in [5.41, 5.74) is 6.95. The molecule has 0 fully saturated rings. The van der Waals surface area contributed by atoms with Gasteiger partial charge in [-0.05, 0) is 53.8 Å². The lowest BCUT2D eigenvalue weighted by molar-refractivity contribution is 0.134. The smallest absolute Gasteiger partial charge is 0.0727 e. The lowest BCUT2D eigenvalue weighted by Crippen LogP contribution is -1.95. The van der Waals surface area contributed by atoms with Gasteiger partial charge in [0.2, 0.25) is 0 Å². The van der Waals surface area contributed by atoms with Gasteiger partial charge in [-0.1, -0.05) is 23.8 Å². The van der Waals surface area contributed by atoms with Crippen molar-refractivity contribution in [2.75, 3.05) is 0 Å². The van der Waals surface area contributed by atoms with E-state index in [4.69, 9.17) is 4.74 Å². The topological polar surface area (TPSA) is 9.23 Å². The number of ether oxygens (including phenoxy) is 1. The van der Waals surface area contributed by atoms with E-state index in [-0.39, 0.29) is 0 Å². The number of benzene rings is 2. The largest absolute Gasteiger partial charge is 0.372 e. The van der Waals surface area contributed by atoms with Crippen LogP contribution in [0.1, 0.15) is 27.8 Å². The molecule has 0 unspecified atom stereocenters. The van der Waals surface area contributed by atoms with Crippen molar-refractivity contribution in [3.05, 3.63) is 46.0 Å². The van der Waals surface area contributed by atoms with Crippen LogP contribution in [0.3, 0.4) is 0 Å². The summed E-state index contributed by atoms with van der Waals surface area (Å²) in [6.07, 6.45) is 0. The molecule has 3 rings (SSSR count). The zero-order chi connectivity index (χ0) is 11.3. The second-order valence-electron chi connectivity index (χ2n) is 4.75. The molecule has 1 nitrogen and oxygen atoms in total. The molecule has 0 aliphatic carbocycles. The van der Waals surface area contributed by atoms with Crippen molar-refractivity contribution in [3.63, 3.8) is 0 Å². The van der Waals surface area contributed by atoms with Crippen molar-refractivity contribution in [1.29, 1.82) is 0 Å². The summed E-state index contributed by atoms with van der Waals surface area (Å²) in [5, 5.41) is 2.77. The van der Waals surface area contributed by atoms with E-state index in [1.165, 1.54) is 38.6 Å². The van der Waals surface area contributed by atoms with Gasteiger partial charge in [0, 0.05) is 0 Å². The van der Waals surface area contributed by atoms with Crippen LogP contribution in [0, 0.1) is 20.8 Å². The fourth-order valence-corrected chi connectivity index (χ4v) is 2.72. The second kappa shape index (κ2) is 3.33. The first-order valence-corrected chi connectivity index (χ1v) is 5.77. The van der Waals surface area contributed by atoms with Gasteiger partial charge in [0.15, 0.2) is 0 Å². The highest BCUT2D eigenvalue weighted by molar-refractivity contribution is 5.91. The van der Waals surface area contributed by atoms with Crippen LogP contribution in [0.2, 0.25) is 0 Å². The van der Waals surface area contributed by atoms with Gasteiger partial charge in [0.05, 0.1) is 13.2 Å². The Balaban J connectivity index is 2.48. The summed E-state index contributed by atoms with van der Waals surface area (Å²) in [4.78, 5) is 0. The van der Waals surface area contributed by atoms with E-state index in [0.717, 1.165) is 13.2 Å². The molecule has 0 radical (unpaired) electrons. The van der Waals surface area contributed by atoms with E-state index >= 15 is 0 Å². The minimum atomic E-state index is 0.784. The number of fused-ring (bicyclic) bond motifs is 2. The quantitative estimate of drug-likeness (QED) is 0.645. The standard InChI is InChI=1S/C15H16O/c1-9-4-5-12-10(2)14-7-16-8-15(14)11(3)13(12)6-9/h4-6H,7-8H2,1-3H3. The van der Waals surface area contributed by atoms with Gasteiger partial charge in [0.1, 0.15) is 0 Å². The Hall–Kier alpha value is -1.34. The molecule has 0 N–H and O–H groups in total. The Morgan fingerprint density at radius 2 is 1.50 bits per heavy atom. The Kier molecular flexibility index (Phi) is 2.05. The SMILES string of the molecule is Cc1ccc2c(C)c3c(c(C)c2c1)COC3. The molecule has 0 atom stereocenters. The third kappa shape index (κ3) is 1.21. The van der Waals surface area contributed by atoms with E-state index < -0.39 is 0 Å². The van der Waals surface area contributed by atoms with Crippen LogP contribution < -0.4 is 0 Å². The maximum absolute atomic E-state index is 5.58. The Labute approximate surface area is 96.0 Å². The fraction of sp³-hybridized carbons (Fsp3) is 0.333. The van der Waals surface area contributed by atoms with E-state index in [9.17, 15) is 0 Å². The summed E-state index contributed by atoms with van der Waals surface area (Å²) in [6, 6.07) is 6.72. The molecule has 0 spiro atoms. The number of rotatable bonds is 0.